The molecule has 94 valence electrons. The van der Waals surface area contributed by atoms with Gasteiger partial charge in [0, 0.05) is 11.4 Å². The fourth-order valence-corrected chi connectivity index (χ4v) is 1.99. The first-order valence-electron chi connectivity index (χ1n) is 5.14. The summed E-state index contributed by atoms with van der Waals surface area (Å²) in [4.78, 5) is 11.9. The highest BCUT2D eigenvalue weighted by atomic mass is 35.5. The van der Waals surface area contributed by atoms with E-state index in [0.29, 0.717) is 22.3 Å². The average Bonchev–Trinajstić information content (AvgIpc) is 2.38. The highest BCUT2D eigenvalue weighted by molar-refractivity contribution is 7.98. The zero-order valence-electron chi connectivity index (χ0n) is 9.63. The number of benzene rings is 1. The standard InChI is InChI=1S/C11H11ClN4OS/c1-18-11-15-14-9(10(17)16(11)13)6-7-2-4-8(12)5-3-7/h2-5H,6,13H2,1H3. The predicted molar refractivity (Wildman–Crippen MR) is 72.5 cm³/mol. The fraction of sp³-hybridized carbons (Fsp3) is 0.182. The minimum Gasteiger partial charge on any atom is -0.334 e. The van der Waals surface area contributed by atoms with E-state index in [4.69, 9.17) is 17.4 Å². The minimum absolute atomic E-state index is 0.317. The summed E-state index contributed by atoms with van der Waals surface area (Å²) in [7, 11) is 0. The van der Waals surface area contributed by atoms with Gasteiger partial charge in [0.25, 0.3) is 5.56 Å². The molecule has 0 bridgehead atoms. The molecule has 0 unspecified atom stereocenters. The molecular weight excluding hydrogens is 272 g/mol. The van der Waals surface area contributed by atoms with E-state index >= 15 is 0 Å². The first kappa shape index (κ1) is 12.9. The van der Waals surface area contributed by atoms with E-state index in [1.807, 2.05) is 12.1 Å². The number of hydrogen-bond donors (Lipinski definition) is 1. The number of hydrogen-bond acceptors (Lipinski definition) is 5. The van der Waals surface area contributed by atoms with Crippen LogP contribution in [0.2, 0.25) is 5.02 Å². The molecule has 1 aromatic heterocycles. The van der Waals surface area contributed by atoms with Gasteiger partial charge in [-0.05, 0) is 24.0 Å². The lowest BCUT2D eigenvalue weighted by atomic mass is 10.1. The van der Waals surface area contributed by atoms with E-state index in [1.54, 1.807) is 18.4 Å². The minimum atomic E-state index is -0.329. The molecule has 18 heavy (non-hydrogen) atoms. The molecule has 5 nitrogen and oxygen atoms in total. The van der Waals surface area contributed by atoms with Gasteiger partial charge in [0.1, 0.15) is 5.69 Å². The van der Waals surface area contributed by atoms with Crippen LogP contribution in [0.25, 0.3) is 0 Å². The molecule has 2 N–H and O–H groups in total. The lowest BCUT2D eigenvalue weighted by Crippen LogP contribution is -2.33. The van der Waals surface area contributed by atoms with Gasteiger partial charge < -0.3 is 5.84 Å². The Morgan fingerprint density at radius 1 is 1.33 bits per heavy atom. The second kappa shape index (κ2) is 5.41. The van der Waals surface area contributed by atoms with E-state index in [1.165, 1.54) is 11.8 Å². The third-order valence-electron chi connectivity index (χ3n) is 2.40. The van der Waals surface area contributed by atoms with Crippen LogP contribution in [0.5, 0.6) is 0 Å². The summed E-state index contributed by atoms with van der Waals surface area (Å²) in [6, 6.07) is 7.21. The normalized spacial score (nSPS) is 10.6. The molecule has 1 heterocycles. The van der Waals surface area contributed by atoms with Crippen molar-refractivity contribution in [2.45, 2.75) is 11.6 Å². The zero-order chi connectivity index (χ0) is 13.1. The zero-order valence-corrected chi connectivity index (χ0v) is 11.2. The number of nitrogen functional groups attached to an aromatic ring is 1. The van der Waals surface area contributed by atoms with Gasteiger partial charge in [-0.25, -0.2) is 0 Å². The van der Waals surface area contributed by atoms with Crippen LogP contribution < -0.4 is 11.4 Å². The maximum atomic E-state index is 11.9. The molecule has 0 amide bonds. The number of nitrogens with zero attached hydrogens (tertiary/aromatic N) is 3. The summed E-state index contributed by atoms with van der Waals surface area (Å²) in [6.07, 6.45) is 2.17. The van der Waals surface area contributed by atoms with Gasteiger partial charge in [-0.3, -0.25) is 4.79 Å². The topological polar surface area (TPSA) is 73.8 Å². The summed E-state index contributed by atoms with van der Waals surface area (Å²) in [6.45, 7) is 0. The lowest BCUT2D eigenvalue weighted by Gasteiger charge is -2.05. The third kappa shape index (κ3) is 2.65. The Bertz CT molecular complexity index is 611. The Labute approximate surface area is 113 Å². The highest BCUT2D eigenvalue weighted by Crippen LogP contribution is 2.11. The van der Waals surface area contributed by atoms with Crippen molar-refractivity contribution in [1.29, 1.82) is 0 Å². The molecule has 0 fully saturated rings. The van der Waals surface area contributed by atoms with Crippen molar-refractivity contribution in [2.75, 3.05) is 12.1 Å². The first-order chi connectivity index (χ1) is 8.61. The number of halogens is 1. The monoisotopic (exact) mass is 282 g/mol. The third-order valence-corrected chi connectivity index (χ3v) is 3.29. The van der Waals surface area contributed by atoms with Crippen molar-refractivity contribution < 1.29 is 0 Å². The number of rotatable bonds is 3. The van der Waals surface area contributed by atoms with Gasteiger partial charge in [0.15, 0.2) is 0 Å². The number of aromatic nitrogens is 3. The van der Waals surface area contributed by atoms with Gasteiger partial charge in [0.05, 0.1) is 0 Å². The van der Waals surface area contributed by atoms with Gasteiger partial charge in [-0.1, -0.05) is 35.5 Å². The Balaban J connectivity index is 2.33. The second-order valence-electron chi connectivity index (χ2n) is 3.61. The first-order valence-corrected chi connectivity index (χ1v) is 6.74. The molecule has 0 saturated carbocycles. The van der Waals surface area contributed by atoms with Crippen LogP contribution in [0, 0.1) is 0 Å². The molecule has 0 aliphatic carbocycles. The summed E-state index contributed by atoms with van der Waals surface area (Å²) in [5.41, 5.74) is 0.921. The van der Waals surface area contributed by atoms with Gasteiger partial charge >= 0.3 is 0 Å². The predicted octanol–water partition coefficient (Wildman–Crippen LogP) is 1.32. The smallest absolute Gasteiger partial charge is 0.294 e. The van der Waals surface area contributed by atoms with Crippen LogP contribution in [-0.2, 0) is 6.42 Å². The summed E-state index contributed by atoms with van der Waals surface area (Å²) >= 11 is 7.07. The molecule has 0 aliphatic heterocycles. The van der Waals surface area contributed by atoms with Crippen LogP contribution >= 0.6 is 23.4 Å². The Hall–Kier alpha value is -1.53. The van der Waals surface area contributed by atoms with E-state index in [9.17, 15) is 4.79 Å². The van der Waals surface area contributed by atoms with E-state index in [2.05, 4.69) is 10.2 Å². The Morgan fingerprint density at radius 3 is 2.61 bits per heavy atom. The molecule has 2 rings (SSSR count). The Kier molecular flexibility index (Phi) is 3.88. The van der Waals surface area contributed by atoms with Crippen LogP contribution in [-0.4, -0.2) is 21.1 Å². The van der Waals surface area contributed by atoms with Crippen molar-refractivity contribution >= 4 is 23.4 Å². The second-order valence-corrected chi connectivity index (χ2v) is 4.82. The molecular formula is C11H11ClN4OS. The van der Waals surface area contributed by atoms with Crippen molar-refractivity contribution in [1.82, 2.24) is 14.9 Å². The summed E-state index contributed by atoms with van der Waals surface area (Å²) in [5.74, 6) is 5.63. The van der Waals surface area contributed by atoms with E-state index in [-0.39, 0.29) is 5.56 Å². The Morgan fingerprint density at radius 2 is 2.00 bits per heavy atom. The van der Waals surface area contributed by atoms with Crippen LogP contribution in [0.3, 0.4) is 0 Å². The molecule has 0 aliphatic rings. The molecule has 2 aromatic rings. The molecule has 0 spiro atoms. The quantitative estimate of drug-likeness (QED) is 0.679. The average molecular weight is 283 g/mol. The maximum Gasteiger partial charge on any atom is 0.294 e. The molecule has 0 radical (unpaired) electrons. The van der Waals surface area contributed by atoms with Crippen molar-refractivity contribution in [3.63, 3.8) is 0 Å². The van der Waals surface area contributed by atoms with E-state index in [0.717, 1.165) is 10.2 Å². The molecule has 0 saturated heterocycles. The molecule has 1 aromatic carbocycles. The van der Waals surface area contributed by atoms with Crippen molar-refractivity contribution in [3.05, 3.63) is 50.9 Å². The highest BCUT2D eigenvalue weighted by Gasteiger charge is 2.09. The maximum absolute atomic E-state index is 11.9. The van der Waals surface area contributed by atoms with Crippen molar-refractivity contribution in [3.8, 4) is 0 Å². The van der Waals surface area contributed by atoms with Crippen LogP contribution in [0.15, 0.2) is 34.2 Å². The van der Waals surface area contributed by atoms with Gasteiger partial charge in [0.2, 0.25) is 5.16 Å². The largest absolute Gasteiger partial charge is 0.334 e. The van der Waals surface area contributed by atoms with E-state index < -0.39 is 0 Å². The van der Waals surface area contributed by atoms with Crippen LogP contribution in [0.1, 0.15) is 11.3 Å². The van der Waals surface area contributed by atoms with Gasteiger partial charge in [-0.15, -0.1) is 10.2 Å². The number of nitrogens with two attached hydrogens (primary N) is 1. The molecule has 0 atom stereocenters. The fourth-order valence-electron chi connectivity index (χ4n) is 1.47. The SMILES string of the molecule is CSc1nnc(Cc2ccc(Cl)cc2)c(=O)n1N. The van der Waals surface area contributed by atoms with Gasteiger partial charge in [-0.2, -0.15) is 4.68 Å². The summed E-state index contributed by atoms with van der Waals surface area (Å²) in [5, 5.41) is 8.85. The molecule has 7 heteroatoms. The van der Waals surface area contributed by atoms with Crippen LogP contribution in [0.4, 0.5) is 0 Å². The van der Waals surface area contributed by atoms with Crippen molar-refractivity contribution in [2.24, 2.45) is 0 Å². The lowest BCUT2D eigenvalue weighted by molar-refractivity contribution is 0.673. The number of thioether (sulfide) groups is 1. The summed E-state index contributed by atoms with van der Waals surface area (Å²) < 4.78 is 1.02.